The molecule has 3 heterocycles. The fourth-order valence-corrected chi connectivity index (χ4v) is 11.7. The van der Waals surface area contributed by atoms with Crippen LogP contribution in [0.15, 0.2) is 206 Å². The molecule has 1 aliphatic heterocycles. The molecule has 2 aromatic heterocycles. The molecule has 0 radical (unpaired) electrons. The number of hydrogen-bond acceptors (Lipinski definition) is 2. The summed E-state index contributed by atoms with van der Waals surface area (Å²) in [6.07, 6.45) is 3.90. The van der Waals surface area contributed by atoms with Crippen LogP contribution in [0.2, 0.25) is 0 Å². The molecule has 79 heavy (non-hydrogen) atoms. The van der Waals surface area contributed by atoms with Gasteiger partial charge in [0.15, 0.2) is 0 Å². The molecule has 0 bridgehead atoms. The number of para-hydroxylation sites is 3. The van der Waals surface area contributed by atoms with Crippen molar-refractivity contribution in [3.63, 3.8) is 0 Å². The van der Waals surface area contributed by atoms with Crippen molar-refractivity contribution in [2.24, 2.45) is 0 Å². The van der Waals surface area contributed by atoms with E-state index in [1.807, 2.05) is 45.5 Å². The summed E-state index contributed by atoms with van der Waals surface area (Å²) in [5.74, 6) is 1.45. The minimum absolute atomic E-state index is 0. The predicted molar refractivity (Wildman–Crippen MR) is 324 cm³/mol. The van der Waals surface area contributed by atoms with Crippen LogP contribution < -0.4 is 13.9 Å². The van der Waals surface area contributed by atoms with Crippen molar-refractivity contribution in [2.45, 2.75) is 84.4 Å². The average molecular weight is 1210 g/mol. The fraction of sp³-hybridized carbons (Fsp3) is 0.178. The first kappa shape index (κ1) is 48.0. The van der Waals surface area contributed by atoms with Crippen LogP contribution in [-0.2, 0) is 37.3 Å². The van der Waals surface area contributed by atoms with E-state index in [1.54, 1.807) is 12.3 Å². The van der Waals surface area contributed by atoms with E-state index in [-0.39, 0.29) is 42.9 Å². The van der Waals surface area contributed by atoms with Crippen LogP contribution in [0.4, 0.5) is 22.7 Å². The molecule has 0 N–H and O–H groups in total. The molecule has 0 saturated carbocycles. The van der Waals surface area contributed by atoms with Crippen molar-refractivity contribution >= 4 is 50.6 Å². The first-order chi connectivity index (χ1) is 38.9. The molecule has 9 aromatic carbocycles. The van der Waals surface area contributed by atoms with Gasteiger partial charge in [-0.25, -0.2) is 4.98 Å². The molecule has 0 unspecified atom stereocenters. The number of aromatic nitrogens is 2. The smallest absolute Gasteiger partial charge is 0.509 e. The van der Waals surface area contributed by atoms with Crippen molar-refractivity contribution in [2.75, 3.05) is 0 Å². The van der Waals surface area contributed by atoms with Gasteiger partial charge in [0.2, 0.25) is 5.69 Å². The second kappa shape index (κ2) is 19.9. The fourth-order valence-electron chi connectivity index (χ4n) is 11.7. The number of rotatable bonds is 9. The number of aryl methyl sites for hydroxylation is 1. The molecule has 13 rings (SSSR count). The summed E-state index contributed by atoms with van der Waals surface area (Å²) in [6.45, 7) is 13.4. The first-order valence-electron chi connectivity index (χ1n) is 28.6. The van der Waals surface area contributed by atoms with Crippen LogP contribution in [0.25, 0.3) is 72.1 Å². The van der Waals surface area contributed by atoms with E-state index in [1.165, 1.54) is 22.3 Å². The topological polar surface area (TPSA) is 33.1 Å². The molecular formula is C73H62N4OPt+2. The van der Waals surface area contributed by atoms with Crippen molar-refractivity contribution in [3.8, 4) is 61.8 Å². The van der Waals surface area contributed by atoms with Crippen LogP contribution in [0.5, 0.6) is 11.5 Å². The predicted octanol–water partition coefficient (Wildman–Crippen LogP) is 19.0. The molecule has 388 valence electrons. The van der Waals surface area contributed by atoms with E-state index in [4.69, 9.17) is 13.8 Å². The van der Waals surface area contributed by atoms with Gasteiger partial charge in [0.05, 0.1) is 11.1 Å². The zero-order valence-electron chi connectivity index (χ0n) is 48.6. The van der Waals surface area contributed by atoms with Crippen LogP contribution in [-0.4, -0.2) is 15.6 Å². The number of pyridine rings is 1. The Morgan fingerprint density at radius 3 is 1.87 bits per heavy atom. The summed E-state index contributed by atoms with van der Waals surface area (Å²) >= 11 is 0. The summed E-state index contributed by atoms with van der Waals surface area (Å²) in [6, 6.07) is 80.4. The van der Waals surface area contributed by atoms with E-state index < -0.39 is 6.85 Å². The Hall–Kier alpha value is -8.20. The summed E-state index contributed by atoms with van der Waals surface area (Å²) in [5, 5.41) is 1.96. The summed E-state index contributed by atoms with van der Waals surface area (Å²) in [4.78, 5) is 5.13. The summed E-state index contributed by atoms with van der Waals surface area (Å²) in [5.41, 5.74) is 17.3. The average Bonchev–Trinajstić information content (AvgIpc) is 4.18. The summed E-state index contributed by atoms with van der Waals surface area (Å²) < 4.78 is 39.9. The SMILES string of the molecule is [2H]C([2H])([2H])c1cc(-n2c3[c-]c(Oc4[c-]c([N+]5=C=[N+](c6c(-c7ccccc7)cccc6-c6ccc(-c7ccccc7)cc6)c6ccccc65)ccc4)ccc3c3cc(C(C)(C)C)ccc32)ncc1-c1ccc2c(c1)C(C)(C)CCC2(C)C.[Pt+2]. The normalized spacial score (nSPS) is 15.0. The maximum absolute atomic E-state index is 8.95. The Balaban J connectivity index is 0.00000665. The van der Waals surface area contributed by atoms with Crippen molar-refractivity contribution in [1.82, 2.24) is 18.7 Å². The Morgan fingerprint density at radius 1 is 0.557 bits per heavy atom. The van der Waals surface area contributed by atoms with E-state index in [9.17, 15) is 0 Å². The number of fused-ring (bicyclic) bond motifs is 5. The Kier molecular flexibility index (Phi) is 12.1. The third-order valence-corrected chi connectivity index (χ3v) is 16.2. The molecule has 11 aromatic rings. The second-order valence-corrected chi connectivity index (χ2v) is 23.3. The largest absolute Gasteiger partial charge is 2.00 e. The van der Waals surface area contributed by atoms with Gasteiger partial charge in [-0.2, -0.15) is 12.1 Å². The molecule has 6 heteroatoms. The third kappa shape index (κ3) is 9.29. The van der Waals surface area contributed by atoms with Crippen LogP contribution >= 0.6 is 0 Å². The standard InChI is InChI=1S/C73H62N4O.Pt/c1-48-41-69(74-46-62(48)53-33-37-63-64(42-53)73(7,8)40-39-72(63,5)6)77-65-38-34-54(71(2,3)4)43-61(65)60-36-35-57(45-68(60)77)78-56-24-17-23-55(44-56)75-47-76(67-28-16-15-27-66(67)75)70-58(51-21-13-10-14-22-51)25-18-26-59(70)52-31-29-50(30-32-52)49-19-11-9-12-20-49;/h9-38,41-43,46H,39-40H2,1-8H3;/q;+2/i1D3;. The number of benzene rings is 9. The van der Waals surface area contributed by atoms with E-state index in [0.29, 0.717) is 28.4 Å². The van der Waals surface area contributed by atoms with Crippen LogP contribution in [0.3, 0.4) is 0 Å². The molecule has 5 nitrogen and oxygen atoms in total. The monoisotopic (exact) mass is 1210 g/mol. The van der Waals surface area contributed by atoms with Gasteiger partial charge >= 0.3 is 27.1 Å². The van der Waals surface area contributed by atoms with E-state index in [2.05, 4.69) is 229 Å². The minimum Gasteiger partial charge on any atom is -0.509 e. The van der Waals surface area contributed by atoms with Gasteiger partial charge < -0.3 is 9.30 Å². The quantitative estimate of drug-likeness (QED) is 0.107. The zero-order chi connectivity index (χ0) is 56.0. The molecule has 1 aliphatic carbocycles. The second-order valence-electron chi connectivity index (χ2n) is 23.3. The maximum atomic E-state index is 8.95. The summed E-state index contributed by atoms with van der Waals surface area (Å²) in [7, 11) is 0. The van der Waals surface area contributed by atoms with Crippen molar-refractivity contribution in [1.29, 1.82) is 0 Å². The molecular weight excluding hydrogens is 1140 g/mol. The Morgan fingerprint density at radius 2 is 1.16 bits per heavy atom. The zero-order valence-corrected chi connectivity index (χ0v) is 47.8. The molecule has 0 saturated heterocycles. The van der Waals surface area contributed by atoms with Gasteiger partial charge in [-0.3, -0.25) is 0 Å². The molecule has 0 atom stereocenters. The Labute approximate surface area is 483 Å². The first-order valence-corrected chi connectivity index (χ1v) is 27.1. The number of ether oxygens (including phenoxy) is 1. The van der Waals surface area contributed by atoms with Gasteiger partial charge in [-0.1, -0.05) is 204 Å². The van der Waals surface area contributed by atoms with Crippen molar-refractivity contribution < 1.29 is 29.9 Å². The van der Waals surface area contributed by atoms with Gasteiger partial charge in [-0.15, -0.1) is 23.6 Å². The minimum atomic E-state index is -2.43. The van der Waals surface area contributed by atoms with Gasteiger partial charge in [0.1, 0.15) is 11.5 Å². The van der Waals surface area contributed by atoms with Crippen LogP contribution in [0, 0.1) is 19.0 Å². The molecule has 0 amide bonds. The van der Waals surface area contributed by atoms with E-state index in [0.717, 1.165) is 85.3 Å². The molecule has 0 spiro atoms. The van der Waals surface area contributed by atoms with Crippen molar-refractivity contribution in [3.05, 3.63) is 241 Å². The number of hydrogen-bond donors (Lipinski definition) is 0. The van der Waals surface area contributed by atoms with Crippen LogP contribution in [0.1, 0.15) is 87.7 Å². The van der Waals surface area contributed by atoms with E-state index >= 15 is 0 Å². The van der Waals surface area contributed by atoms with Gasteiger partial charge in [-0.05, 0) is 120 Å². The third-order valence-electron chi connectivity index (χ3n) is 16.2. The molecule has 2 aliphatic rings. The van der Waals surface area contributed by atoms with Gasteiger partial charge in [0, 0.05) is 45.0 Å². The molecule has 0 fully saturated rings. The Bertz CT molecular complexity index is 4370. The maximum Gasteiger partial charge on any atom is 2.00 e. The van der Waals surface area contributed by atoms with Gasteiger partial charge in [0.25, 0.3) is 11.4 Å². The number of nitrogens with zero attached hydrogens (tertiary/aromatic N) is 4.